The highest BCUT2D eigenvalue weighted by Gasteiger charge is 2.21. The topological polar surface area (TPSA) is 29.9 Å². The summed E-state index contributed by atoms with van der Waals surface area (Å²) in [5, 5.41) is 2.03. The summed E-state index contributed by atoms with van der Waals surface area (Å²) in [5.41, 5.74) is 6.04. The zero-order valence-electron chi connectivity index (χ0n) is 17.1. The number of aromatic nitrogens is 2. The van der Waals surface area contributed by atoms with Gasteiger partial charge in [0.25, 0.3) is 0 Å². The number of rotatable bonds is 3. The third-order valence-electron chi connectivity index (χ3n) is 4.64. The van der Waals surface area contributed by atoms with Gasteiger partial charge in [0.05, 0.1) is 5.56 Å². The van der Waals surface area contributed by atoms with Crippen molar-refractivity contribution in [2.45, 2.75) is 33.6 Å². The molecule has 0 bridgehead atoms. The van der Waals surface area contributed by atoms with E-state index in [0.717, 1.165) is 38.9 Å². The first-order valence-electron chi connectivity index (χ1n) is 9.62. The maximum Gasteiger partial charge on any atom is 0.227 e. The Balaban J connectivity index is 2.06. The summed E-state index contributed by atoms with van der Waals surface area (Å²) in [6.45, 7) is 5.88. The number of furan rings is 1. The lowest BCUT2D eigenvalue weighted by Gasteiger charge is -2.07. The van der Waals surface area contributed by atoms with E-state index in [1.165, 1.54) is 0 Å². The smallest absolute Gasteiger partial charge is 0.227 e. The maximum atomic E-state index is 8.30. The van der Waals surface area contributed by atoms with Crippen molar-refractivity contribution in [2.24, 2.45) is 7.05 Å². The molecule has 0 aliphatic rings. The highest BCUT2D eigenvalue weighted by molar-refractivity contribution is 6.08. The molecule has 0 amide bonds. The summed E-state index contributed by atoms with van der Waals surface area (Å²) in [4.78, 5) is 4.54. The van der Waals surface area contributed by atoms with Gasteiger partial charge in [-0.25, -0.2) is 9.55 Å². The van der Waals surface area contributed by atoms with Gasteiger partial charge in [-0.2, -0.15) is 0 Å². The number of benzene rings is 1. The lowest BCUT2D eigenvalue weighted by Crippen LogP contribution is -2.30. The Bertz CT molecular complexity index is 1180. The maximum absolute atomic E-state index is 8.30. The fourth-order valence-corrected chi connectivity index (χ4v) is 3.36. The van der Waals surface area contributed by atoms with E-state index in [-0.39, 0.29) is 0 Å². The average Bonchev–Trinajstić information content (AvgIpc) is 2.99. The SMILES string of the molecule is [2H]C([2H])(CC)c1cc[n+](C)c(-c2c(C)ccc3c2oc2nc(C)ccc23)c1. The molecular weight excluding hydrogens is 308 g/mol. The highest BCUT2D eigenvalue weighted by Crippen LogP contribution is 2.36. The molecule has 0 saturated carbocycles. The molecule has 0 saturated heterocycles. The van der Waals surface area contributed by atoms with Gasteiger partial charge in [0.1, 0.15) is 7.05 Å². The number of nitrogens with zero attached hydrogens (tertiary/aromatic N) is 2. The number of hydrogen-bond acceptors (Lipinski definition) is 2. The van der Waals surface area contributed by atoms with Gasteiger partial charge < -0.3 is 4.42 Å². The second-order valence-corrected chi connectivity index (χ2v) is 6.48. The fraction of sp³-hybridized carbons (Fsp3) is 0.273. The predicted molar refractivity (Wildman–Crippen MR) is 102 cm³/mol. The Morgan fingerprint density at radius 2 is 1.92 bits per heavy atom. The molecule has 3 heteroatoms. The van der Waals surface area contributed by atoms with E-state index in [0.29, 0.717) is 17.7 Å². The lowest BCUT2D eigenvalue weighted by molar-refractivity contribution is -0.660. The minimum absolute atomic E-state index is 0.428. The van der Waals surface area contributed by atoms with Crippen molar-refractivity contribution in [3.63, 3.8) is 0 Å². The van der Waals surface area contributed by atoms with Crippen molar-refractivity contribution in [3.8, 4) is 11.3 Å². The van der Waals surface area contributed by atoms with Crippen LogP contribution in [0.2, 0.25) is 0 Å². The van der Waals surface area contributed by atoms with Crippen molar-refractivity contribution < 1.29 is 11.7 Å². The molecule has 0 spiro atoms. The summed E-state index contributed by atoms with van der Waals surface area (Å²) >= 11 is 0. The number of aryl methyl sites for hydroxylation is 4. The zero-order valence-corrected chi connectivity index (χ0v) is 15.1. The molecule has 0 N–H and O–H groups in total. The van der Waals surface area contributed by atoms with Crippen molar-refractivity contribution in [1.82, 2.24) is 4.98 Å². The Hall–Kier alpha value is -2.68. The Kier molecular flexibility index (Phi) is 3.26. The third-order valence-corrected chi connectivity index (χ3v) is 4.64. The van der Waals surface area contributed by atoms with Gasteiger partial charge in [-0.1, -0.05) is 25.5 Å². The monoisotopic (exact) mass is 333 g/mol. The normalized spacial score (nSPS) is 13.3. The molecule has 0 aliphatic heterocycles. The standard InChI is InChI=1S/C22H23N2O/c1-5-6-16-11-12-24(4)19(13-16)20-14(2)7-9-17-18-10-8-15(3)23-22(18)25-21(17)20/h7-13H,5-6H2,1-4H3/q+1/i6D2. The quantitative estimate of drug-likeness (QED) is 0.492. The van der Waals surface area contributed by atoms with E-state index in [1.54, 1.807) is 0 Å². The van der Waals surface area contributed by atoms with Crippen LogP contribution in [0.3, 0.4) is 0 Å². The molecule has 3 heterocycles. The summed E-state index contributed by atoms with van der Waals surface area (Å²) in [6.07, 6.45) is 0.982. The van der Waals surface area contributed by atoms with Crippen LogP contribution in [0.1, 0.15) is 32.9 Å². The first-order chi connectivity index (χ1) is 12.8. The molecule has 0 fully saturated rings. The molecule has 0 atom stereocenters. The second kappa shape index (κ2) is 5.99. The van der Waals surface area contributed by atoms with Gasteiger partial charge >= 0.3 is 0 Å². The molecule has 0 unspecified atom stereocenters. The van der Waals surface area contributed by atoms with Crippen LogP contribution in [0.25, 0.3) is 33.3 Å². The lowest BCUT2D eigenvalue weighted by atomic mass is 9.99. The van der Waals surface area contributed by atoms with Crippen LogP contribution in [0, 0.1) is 13.8 Å². The minimum Gasteiger partial charge on any atom is -0.437 e. The number of fused-ring (bicyclic) bond motifs is 3. The van der Waals surface area contributed by atoms with Crippen molar-refractivity contribution in [1.29, 1.82) is 0 Å². The van der Waals surface area contributed by atoms with Gasteiger partial charge in [-0.05, 0) is 43.5 Å². The average molecular weight is 333 g/mol. The molecule has 4 rings (SSSR count). The number of hydrogen-bond donors (Lipinski definition) is 0. The molecule has 3 aromatic heterocycles. The van der Waals surface area contributed by atoms with Gasteiger partial charge in [0.15, 0.2) is 11.8 Å². The Labute approximate surface area is 150 Å². The molecule has 0 radical (unpaired) electrons. The van der Waals surface area contributed by atoms with Crippen molar-refractivity contribution in [3.05, 3.63) is 59.4 Å². The summed E-state index contributed by atoms with van der Waals surface area (Å²) in [5.74, 6) is 0. The van der Waals surface area contributed by atoms with Gasteiger partial charge in [0, 0.05) is 31.3 Å². The van der Waals surface area contributed by atoms with E-state index in [4.69, 9.17) is 7.16 Å². The van der Waals surface area contributed by atoms with E-state index < -0.39 is 6.37 Å². The molecule has 4 aromatic rings. The van der Waals surface area contributed by atoms with Gasteiger partial charge in [0.2, 0.25) is 11.4 Å². The minimum atomic E-state index is -1.36. The molecule has 126 valence electrons. The van der Waals surface area contributed by atoms with Crippen LogP contribution in [-0.2, 0) is 13.4 Å². The molecule has 0 aliphatic carbocycles. The van der Waals surface area contributed by atoms with Crippen LogP contribution in [0.15, 0.2) is 47.0 Å². The predicted octanol–water partition coefficient (Wildman–Crippen LogP) is 5.04. The summed E-state index contributed by atoms with van der Waals surface area (Å²) in [6, 6.07) is 12.0. The Morgan fingerprint density at radius 3 is 2.72 bits per heavy atom. The largest absolute Gasteiger partial charge is 0.437 e. The molecule has 1 aromatic carbocycles. The van der Waals surface area contributed by atoms with Crippen LogP contribution in [0.5, 0.6) is 0 Å². The molecule has 25 heavy (non-hydrogen) atoms. The molecular formula is C22H23N2O+. The van der Waals surface area contributed by atoms with E-state index in [2.05, 4.69) is 30.1 Å². The fourth-order valence-electron chi connectivity index (χ4n) is 3.36. The Morgan fingerprint density at radius 1 is 1.12 bits per heavy atom. The van der Waals surface area contributed by atoms with E-state index in [9.17, 15) is 0 Å². The van der Waals surface area contributed by atoms with Crippen LogP contribution in [-0.4, -0.2) is 4.98 Å². The highest BCUT2D eigenvalue weighted by atomic mass is 16.3. The second-order valence-electron chi connectivity index (χ2n) is 6.48. The summed E-state index contributed by atoms with van der Waals surface area (Å²) < 4.78 is 24.8. The first kappa shape index (κ1) is 13.6. The zero-order chi connectivity index (χ0) is 19.3. The third kappa shape index (κ3) is 2.60. The summed E-state index contributed by atoms with van der Waals surface area (Å²) in [7, 11) is 1.98. The van der Waals surface area contributed by atoms with E-state index in [1.807, 2.05) is 49.9 Å². The van der Waals surface area contributed by atoms with Gasteiger partial charge in [-0.15, -0.1) is 0 Å². The van der Waals surface area contributed by atoms with Crippen molar-refractivity contribution >= 4 is 22.1 Å². The van der Waals surface area contributed by atoms with Gasteiger partial charge in [-0.3, -0.25) is 0 Å². The van der Waals surface area contributed by atoms with Crippen LogP contribution in [0.4, 0.5) is 0 Å². The van der Waals surface area contributed by atoms with E-state index >= 15 is 0 Å². The first-order valence-corrected chi connectivity index (χ1v) is 8.62. The van der Waals surface area contributed by atoms with Crippen LogP contribution < -0.4 is 4.57 Å². The number of pyridine rings is 2. The van der Waals surface area contributed by atoms with Crippen molar-refractivity contribution in [2.75, 3.05) is 0 Å². The van der Waals surface area contributed by atoms with Crippen LogP contribution >= 0.6 is 0 Å². The molecule has 3 nitrogen and oxygen atoms in total.